The molecule has 0 aliphatic carbocycles. The molecule has 0 bridgehead atoms. The molecule has 4 heterocycles. The predicted molar refractivity (Wildman–Crippen MR) is 115 cm³/mol. The number of carbonyl (C=O) groups is 1. The quantitative estimate of drug-likeness (QED) is 0.523. The largest absolute Gasteiger partial charge is 0.503 e. The van der Waals surface area contributed by atoms with Crippen LogP contribution >= 0.6 is 11.3 Å². The fourth-order valence-corrected chi connectivity index (χ4v) is 4.41. The van der Waals surface area contributed by atoms with Gasteiger partial charge >= 0.3 is 0 Å². The SMILES string of the molecule is Cc1cccc(N2C(=O)C(O)=C(c3ccc4ccccc4n3)C2c2ccsc2)n1. The van der Waals surface area contributed by atoms with Crippen molar-refractivity contribution in [1.82, 2.24) is 9.97 Å². The van der Waals surface area contributed by atoms with Gasteiger partial charge in [0.15, 0.2) is 5.76 Å². The van der Waals surface area contributed by atoms with Gasteiger partial charge in [0.05, 0.1) is 22.8 Å². The van der Waals surface area contributed by atoms with Gasteiger partial charge in [-0.25, -0.2) is 9.97 Å². The van der Waals surface area contributed by atoms with Crippen LogP contribution in [-0.2, 0) is 4.79 Å². The molecule has 1 aromatic carbocycles. The van der Waals surface area contributed by atoms with Gasteiger partial charge in [-0.2, -0.15) is 11.3 Å². The fourth-order valence-electron chi connectivity index (χ4n) is 3.73. The lowest BCUT2D eigenvalue weighted by molar-refractivity contribution is -0.117. The van der Waals surface area contributed by atoms with Crippen LogP contribution in [0.2, 0.25) is 0 Å². The predicted octanol–water partition coefficient (Wildman–Crippen LogP) is 5.06. The molecule has 4 aromatic rings. The van der Waals surface area contributed by atoms with Crippen molar-refractivity contribution in [1.29, 1.82) is 0 Å². The van der Waals surface area contributed by atoms with Crippen molar-refractivity contribution in [2.24, 2.45) is 0 Å². The van der Waals surface area contributed by atoms with Crippen molar-refractivity contribution in [3.05, 3.63) is 94.1 Å². The van der Waals surface area contributed by atoms with Gasteiger partial charge in [0.1, 0.15) is 5.82 Å². The topological polar surface area (TPSA) is 66.3 Å². The molecule has 1 N–H and O–H groups in total. The summed E-state index contributed by atoms with van der Waals surface area (Å²) in [5, 5.41) is 15.8. The second kappa shape index (κ2) is 6.83. The van der Waals surface area contributed by atoms with Crippen LogP contribution in [0.5, 0.6) is 0 Å². The molecular weight excluding hydrogens is 382 g/mol. The van der Waals surface area contributed by atoms with Gasteiger partial charge in [0.25, 0.3) is 5.91 Å². The Morgan fingerprint density at radius 3 is 2.66 bits per heavy atom. The molecule has 0 saturated heterocycles. The zero-order chi connectivity index (χ0) is 20.0. The van der Waals surface area contributed by atoms with Crippen molar-refractivity contribution in [3.8, 4) is 0 Å². The second-order valence-corrected chi connectivity index (χ2v) is 7.70. The Labute approximate surface area is 171 Å². The third-order valence-corrected chi connectivity index (χ3v) is 5.76. The molecule has 5 rings (SSSR count). The zero-order valence-corrected chi connectivity index (χ0v) is 16.4. The van der Waals surface area contributed by atoms with Crippen LogP contribution in [0, 0.1) is 6.92 Å². The van der Waals surface area contributed by atoms with E-state index in [2.05, 4.69) is 4.98 Å². The number of rotatable bonds is 3. The molecule has 0 spiro atoms. The molecular formula is C23H17N3O2S. The number of fused-ring (bicyclic) bond motifs is 1. The number of benzene rings is 1. The average Bonchev–Trinajstić information content (AvgIpc) is 3.35. The van der Waals surface area contributed by atoms with Crippen molar-refractivity contribution in [2.45, 2.75) is 13.0 Å². The van der Waals surface area contributed by atoms with Gasteiger partial charge in [-0.3, -0.25) is 9.69 Å². The zero-order valence-electron chi connectivity index (χ0n) is 15.6. The highest BCUT2D eigenvalue weighted by atomic mass is 32.1. The normalized spacial score (nSPS) is 16.8. The molecule has 0 radical (unpaired) electrons. The number of aliphatic hydroxyl groups excluding tert-OH is 1. The number of hydrogen-bond donors (Lipinski definition) is 1. The van der Waals surface area contributed by atoms with Crippen LogP contribution in [0.25, 0.3) is 16.5 Å². The smallest absolute Gasteiger partial charge is 0.295 e. The van der Waals surface area contributed by atoms with E-state index in [0.29, 0.717) is 17.1 Å². The van der Waals surface area contributed by atoms with E-state index >= 15 is 0 Å². The number of para-hydroxylation sites is 1. The van der Waals surface area contributed by atoms with Gasteiger partial charge < -0.3 is 5.11 Å². The van der Waals surface area contributed by atoms with E-state index in [1.807, 2.05) is 72.3 Å². The summed E-state index contributed by atoms with van der Waals surface area (Å²) in [5.74, 6) is -0.245. The summed E-state index contributed by atoms with van der Waals surface area (Å²) in [6.07, 6.45) is 0. The maximum absolute atomic E-state index is 13.1. The lowest BCUT2D eigenvalue weighted by atomic mass is 9.98. The monoisotopic (exact) mass is 399 g/mol. The summed E-state index contributed by atoms with van der Waals surface area (Å²) in [4.78, 5) is 23.9. The number of pyridine rings is 2. The van der Waals surface area contributed by atoms with E-state index in [-0.39, 0.29) is 5.76 Å². The number of nitrogens with zero attached hydrogens (tertiary/aromatic N) is 3. The number of anilines is 1. The first kappa shape index (κ1) is 17.6. The lowest BCUT2D eigenvalue weighted by Gasteiger charge is -2.25. The molecule has 1 amide bonds. The average molecular weight is 399 g/mol. The third-order valence-electron chi connectivity index (χ3n) is 5.06. The van der Waals surface area contributed by atoms with Gasteiger partial charge in [0, 0.05) is 11.1 Å². The van der Waals surface area contributed by atoms with Crippen molar-refractivity contribution >= 4 is 39.5 Å². The molecule has 1 unspecified atom stereocenters. The summed E-state index contributed by atoms with van der Waals surface area (Å²) in [7, 11) is 0. The first-order chi connectivity index (χ1) is 14.1. The summed E-state index contributed by atoms with van der Waals surface area (Å²) in [6.45, 7) is 1.88. The molecule has 1 atom stereocenters. The van der Waals surface area contributed by atoms with Crippen molar-refractivity contribution in [3.63, 3.8) is 0 Å². The maximum atomic E-state index is 13.1. The molecule has 1 aliphatic heterocycles. The van der Waals surface area contributed by atoms with E-state index in [4.69, 9.17) is 4.98 Å². The maximum Gasteiger partial charge on any atom is 0.295 e. The van der Waals surface area contributed by atoms with Gasteiger partial charge in [-0.15, -0.1) is 0 Å². The number of hydrogen-bond acceptors (Lipinski definition) is 5. The number of aliphatic hydroxyl groups is 1. The van der Waals surface area contributed by atoms with Crippen LogP contribution in [0.15, 0.2) is 77.2 Å². The second-order valence-electron chi connectivity index (χ2n) is 6.92. The Balaban J connectivity index is 1.71. The highest BCUT2D eigenvalue weighted by molar-refractivity contribution is 7.08. The number of carbonyl (C=O) groups excluding carboxylic acids is 1. The molecule has 1 aliphatic rings. The van der Waals surface area contributed by atoms with Crippen molar-refractivity contribution in [2.75, 3.05) is 4.90 Å². The molecule has 3 aromatic heterocycles. The highest BCUT2D eigenvalue weighted by Crippen LogP contribution is 2.45. The Hall–Kier alpha value is -3.51. The number of thiophene rings is 1. The Bertz CT molecular complexity index is 1260. The van der Waals surface area contributed by atoms with E-state index in [1.54, 1.807) is 22.3 Å². The number of aromatic nitrogens is 2. The van der Waals surface area contributed by atoms with E-state index in [0.717, 1.165) is 22.2 Å². The standard InChI is InChI=1S/C23H17N3O2S/c1-14-5-4-8-19(24-14)26-21(16-11-12-29-13-16)20(22(27)23(26)28)18-10-9-15-6-2-3-7-17(15)25-18/h2-13,21,27H,1H3. The molecule has 6 heteroatoms. The Kier molecular flexibility index (Phi) is 4.14. The Morgan fingerprint density at radius 2 is 1.86 bits per heavy atom. The molecule has 0 fully saturated rings. The van der Waals surface area contributed by atoms with Crippen LogP contribution < -0.4 is 4.90 Å². The first-order valence-corrected chi connectivity index (χ1v) is 10.2. The van der Waals surface area contributed by atoms with E-state index in [9.17, 15) is 9.90 Å². The number of aryl methyl sites for hydroxylation is 1. The first-order valence-electron chi connectivity index (χ1n) is 9.22. The molecule has 0 saturated carbocycles. The third kappa shape index (κ3) is 2.89. The van der Waals surface area contributed by atoms with Crippen LogP contribution in [0.4, 0.5) is 5.82 Å². The van der Waals surface area contributed by atoms with Crippen LogP contribution in [-0.4, -0.2) is 21.0 Å². The molecule has 142 valence electrons. The van der Waals surface area contributed by atoms with E-state index < -0.39 is 11.9 Å². The van der Waals surface area contributed by atoms with Gasteiger partial charge in [-0.05, 0) is 53.6 Å². The minimum Gasteiger partial charge on any atom is -0.503 e. The summed E-state index contributed by atoms with van der Waals surface area (Å²) in [5.41, 5.74) is 3.62. The summed E-state index contributed by atoms with van der Waals surface area (Å²) < 4.78 is 0. The fraction of sp³-hybridized carbons (Fsp3) is 0.0870. The van der Waals surface area contributed by atoms with Crippen LogP contribution in [0.1, 0.15) is 23.0 Å². The summed E-state index contributed by atoms with van der Waals surface area (Å²) in [6, 6.07) is 18.6. The van der Waals surface area contributed by atoms with Gasteiger partial charge in [0.2, 0.25) is 0 Å². The minimum absolute atomic E-state index is 0.285. The molecule has 29 heavy (non-hydrogen) atoms. The van der Waals surface area contributed by atoms with Crippen LogP contribution in [0.3, 0.4) is 0 Å². The Morgan fingerprint density at radius 1 is 1.00 bits per heavy atom. The lowest BCUT2D eigenvalue weighted by Crippen LogP contribution is -2.30. The summed E-state index contributed by atoms with van der Waals surface area (Å²) >= 11 is 1.55. The number of amides is 1. The molecule has 5 nitrogen and oxygen atoms in total. The van der Waals surface area contributed by atoms with E-state index in [1.165, 1.54) is 0 Å². The van der Waals surface area contributed by atoms with Crippen molar-refractivity contribution < 1.29 is 9.90 Å². The van der Waals surface area contributed by atoms with Gasteiger partial charge in [-0.1, -0.05) is 30.3 Å². The minimum atomic E-state index is -0.489. The highest BCUT2D eigenvalue weighted by Gasteiger charge is 2.43.